The molecule has 112 valence electrons. The lowest BCUT2D eigenvalue weighted by Crippen LogP contribution is -2.25. The highest BCUT2D eigenvalue weighted by atomic mass is 35.5. The van der Waals surface area contributed by atoms with Crippen molar-refractivity contribution in [2.75, 3.05) is 30.4 Å². The van der Waals surface area contributed by atoms with E-state index in [-0.39, 0.29) is 5.91 Å². The number of unbranched alkanes of at least 4 members (excludes halogenated alkanes) is 1. The Hall–Kier alpha value is -0.870. The molecule has 0 fully saturated rings. The number of halogens is 1. The summed E-state index contributed by atoms with van der Waals surface area (Å²) in [5.74, 6) is 1.08. The minimum atomic E-state index is -0.0599. The molecule has 0 unspecified atom stereocenters. The van der Waals surface area contributed by atoms with Gasteiger partial charge in [0.25, 0.3) is 5.91 Å². The first-order chi connectivity index (χ1) is 9.69. The zero-order valence-corrected chi connectivity index (χ0v) is 13.7. The van der Waals surface area contributed by atoms with Crippen LogP contribution in [0.4, 0.5) is 5.69 Å². The Balaban J connectivity index is 2.58. The summed E-state index contributed by atoms with van der Waals surface area (Å²) in [5, 5.41) is 6.80. The van der Waals surface area contributed by atoms with Gasteiger partial charge in [0.15, 0.2) is 0 Å². The summed E-state index contributed by atoms with van der Waals surface area (Å²) in [6.07, 6.45) is 5.23. The number of rotatable bonds is 9. The minimum absolute atomic E-state index is 0.0599. The van der Waals surface area contributed by atoms with Crippen LogP contribution in [0.3, 0.4) is 0 Å². The van der Waals surface area contributed by atoms with Crippen molar-refractivity contribution in [2.45, 2.75) is 26.2 Å². The lowest BCUT2D eigenvalue weighted by atomic mass is 10.1. The first-order valence-electron chi connectivity index (χ1n) is 6.99. The molecule has 0 bridgehead atoms. The largest absolute Gasteiger partial charge is 0.384 e. The van der Waals surface area contributed by atoms with Gasteiger partial charge in [-0.05, 0) is 49.5 Å². The second-order valence-corrected chi connectivity index (χ2v) is 5.99. The number of carbonyl (C=O) groups excluding carboxylic acids is 1. The van der Waals surface area contributed by atoms with Gasteiger partial charge < -0.3 is 10.6 Å². The summed E-state index contributed by atoms with van der Waals surface area (Å²) < 4.78 is 0. The van der Waals surface area contributed by atoms with Crippen molar-refractivity contribution in [1.29, 1.82) is 0 Å². The fourth-order valence-corrected chi connectivity index (χ4v) is 2.45. The van der Waals surface area contributed by atoms with Gasteiger partial charge >= 0.3 is 0 Å². The van der Waals surface area contributed by atoms with Crippen LogP contribution in [0, 0.1) is 0 Å². The van der Waals surface area contributed by atoms with Crippen molar-refractivity contribution >= 4 is 35.0 Å². The summed E-state index contributed by atoms with van der Waals surface area (Å²) in [7, 11) is 0. The third-order valence-corrected chi connectivity index (χ3v) is 3.78. The Labute approximate surface area is 130 Å². The van der Waals surface area contributed by atoms with Gasteiger partial charge in [0.1, 0.15) is 0 Å². The van der Waals surface area contributed by atoms with Crippen molar-refractivity contribution in [2.24, 2.45) is 0 Å². The molecule has 1 aromatic carbocycles. The Morgan fingerprint density at radius 3 is 2.80 bits per heavy atom. The topological polar surface area (TPSA) is 41.1 Å². The maximum atomic E-state index is 12.2. The minimum Gasteiger partial charge on any atom is -0.384 e. The van der Waals surface area contributed by atoms with Crippen LogP contribution in [0.1, 0.15) is 36.5 Å². The summed E-state index contributed by atoms with van der Waals surface area (Å²) >= 11 is 7.82. The summed E-state index contributed by atoms with van der Waals surface area (Å²) in [6.45, 7) is 3.64. The van der Waals surface area contributed by atoms with Crippen molar-refractivity contribution < 1.29 is 4.79 Å². The number of hydrogen-bond acceptors (Lipinski definition) is 3. The van der Waals surface area contributed by atoms with Gasteiger partial charge in [0.2, 0.25) is 0 Å². The summed E-state index contributed by atoms with van der Waals surface area (Å²) in [5.41, 5.74) is 1.47. The first-order valence-corrected chi connectivity index (χ1v) is 8.76. The van der Waals surface area contributed by atoms with Crippen LogP contribution in [0.15, 0.2) is 18.2 Å². The van der Waals surface area contributed by atoms with Gasteiger partial charge in [0, 0.05) is 23.8 Å². The highest BCUT2D eigenvalue weighted by Gasteiger charge is 2.11. The number of thioether (sulfide) groups is 1. The molecule has 1 rings (SSSR count). The number of nitrogens with one attached hydrogen (secondary N) is 2. The zero-order chi connectivity index (χ0) is 14.8. The molecule has 0 heterocycles. The standard InChI is InChI=1S/C15H23ClN2OS/c1-3-8-17-14-7-6-12(16)11-13(14)15(19)18-9-4-5-10-20-2/h6-7,11,17H,3-5,8-10H2,1-2H3,(H,18,19). The van der Waals surface area contributed by atoms with E-state index < -0.39 is 0 Å². The normalized spacial score (nSPS) is 10.3. The average molecular weight is 315 g/mol. The molecular formula is C15H23ClN2OS. The van der Waals surface area contributed by atoms with Gasteiger partial charge in [-0.2, -0.15) is 11.8 Å². The van der Waals surface area contributed by atoms with E-state index >= 15 is 0 Å². The van der Waals surface area contributed by atoms with E-state index in [4.69, 9.17) is 11.6 Å². The molecule has 0 radical (unpaired) electrons. The molecule has 2 N–H and O–H groups in total. The molecule has 0 aromatic heterocycles. The van der Waals surface area contributed by atoms with Gasteiger partial charge in [-0.25, -0.2) is 0 Å². The number of carbonyl (C=O) groups is 1. The smallest absolute Gasteiger partial charge is 0.253 e. The SMILES string of the molecule is CCCNc1ccc(Cl)cc1C(=O)NCCCCSC. The predicted octanol–water partition coefficient (Wildman–Crippen LogP) is 4.03. The Kier molecular flexibility index (Phi) is 8.54. The molecule has 0 spiro atoms. The molecule has 1 aromatic rings. The van der Waals surface area contributed by atoms with E-state index in [1.807, 2.05) is 17.8 Å². The lowest BCUT2D eigenvalue weighted by Gasteiger charge is -2.12. The van der Waals surface area contributed by atoms with Crippen LogP contribution in [-0.2, 0) is 0 Å². The van der Waals surface area contributed by atoms with E-state index in [1.54, 1.807) is 12.1 Å². The van der Waals surface area contributed by atoms with Gasteiger partial charge in [-0.1, -0.05) is 18.5 Å². The van der Waals surface area contributed by atoms with E-state index in [1.165, 1.54) is 0 Å². The fourth-order valence-electron chi connectivity index (χ4n) is 1.79. The molecule has 0 aliphatic heterocycles. The van der Waals surface area contributed by atoms with Crippen molar-refractivity contribution in [3.8, 4) is 0 Å². The van der Waals surface area contributed by atoms with Crippen LogP contribution >= 0.6 is 23.4 Å². The molecule has 5 heteroatoms. The summed E-state index contributed by atoms with van der Waals surface area (Å²) in [6, 6.07) is 5.38. The second-order valence-electron chi connectivity index (χ2n) is 4.57. The molecule has 3 nitrogen and oxygen atoms in total. The number of hydrogen-bond donors (Lipinski definition) is 2. The van der Waals surface area contributed by atoms with Gasteiger partial charge in [-0.15, -0.1) is 0 Å². The highest BCUT2D eigenvalue weighted by Crippen LogP contribution is 2.20. The maximum absolute atomic E-state index is 12.2. The van der Waals surface area contributed by atoms with E-state index in [9.17, 15) is 4.79 Å². The highest BCUT2D eigenvalue weighted by molar-refractivity contribution is 7.98. The van der Waals surface area contributed by atoms with E-state index in [0.29, 0.717) is 17.1 Å². The maximum Gasteiger partial charge on any atom is 0.253 e. The molecule has 0 atom stereocenters. The van der Waals surface area contributed by atoms with Crippen LogP contribution < -0.4 is 10.6 Å². The average Bonchev–Trinajstić information content (AvgIpc) is 2.45. The summed E-state index contributed by atoms with van der Waals surface area (Å²) in [4.78, 5) is 12.2. The van der Waals surface area contributed by atoms with Crippen LogP contribution in [0.5, 0.6) is 0 Å². The Bertz CT molecular complexity index is 426. The first kappa shape index (κ1) is 17.2. The van der Waals surface area contributed by atoms with Crippen LogP contribution in [0.2, 0.25) is 5.02 Å². The Morgan fingerprint density at radius 2 is 2.10 bits per heavy atom. The second kappa shape index (κ2) is 9.94. The quantitative estimate of drug-likeness (QED) is 0.676. The molecule has 0 saturated carbocycles. The molecule has 0 saturated heterocycles. The molecule has 20 heavy (non-hydrogen) atoms. The number of benzene rings is 1. The monoisotopic (exact) mass is 314 g/mol. The van der Waals surface area contributed by atoms with Gasteiger partial charge in [0.05, 0.1) is 5.56 Å². The Morgan fingerprint density at radius 1 is 1.30 bits per heavy atom. The van der Waals surface area contributed by atoms with E-state index in [0.717, 1.165) is 37.2 Å². The van der Waals surface area contributed by atoms with Crippen LogP contribution in [-0.4, -0.2) is 31.0 Å². The molecule has 0 aliphatic rings. The fraction of sp³-hybridized carbons (Fsp3) is 0.533. The van der Waals surface area contributed by atoms with Gasteiger partial charge in [-0.3, -0.25) is 4.79 Å². The van der Waals surface area contributed by atoms with E-state index in [2.05, 4.69) is 23.8 Å². The molecular weight excluding hydrogens is 292 g/mol. The van der Waals surface area contributed by atoms with Crippen molar-refractivity contribution in [3.05, 3.63) is 28.8 Å². The number of amides is 1. The van der Waals surface area contributed by atoms with Crippen LogP contribution in [0.25, 0.3) is 0 Å². The van der Waals surface area contributed by atoms with Crippen molar-refractivity contribution in [1.82, 2.24) is 5.32 Å². The third kappa shape index (κ3) is 6.06. The molecule has 0 aliphatic carbocycles. The third-order valence-electron chi connectivity index (χ3n) is 2.85. The zero-order valence-electron chi connectivity index (χ0n) is 12.2. The van der Waals surface area contributed by atoms with Crippen molar-refractivity contribution in [3.63, 3.8) is 0 Å². The predicted molar refractivity (Wildman–Crippen MR) is 90.2 cm³/mol. The lowest BCUT2D eigenvalue weighted by molar-refractivity contribution is 0.0954. The number of anilines is 1. The molecule has 1 amide bonds.